The fourth-order valence-electron chi connectivity index (χ4n) is 3.82. The molecule has 4 heterocycles. The van der Waals surface area contributed by atoms with Gasteiger partial charge in [0.2, 0.25) is 11.6 Å². The fraction of sp³-hybridized carbons (Fsp3) is 0.550. The molecule has 1 aliphatic rings. The number of nitrogens with zero attached hydrogens (tertiary/aromatic N) is 6. The smallest absolute Gasteiger partial charge is 0.299 e. The number of aromatic nitrogens is 5. The van der Waals surface area contributed by atoms with E-state index in [-0.39, 0.29) is 18.4 Å². The number of oxazole rings is 1. The summed E-state index contributed by atoms with van der Waals surface area (Å²) in [7, 11) is 1.63. The van der Waals surface area contributed by atoms with Crippen LogP contribution in [0.5, 0.6) is 0 Å². The predicted octanol–water partition coefficient (Wildman–Crippen LogP) is 2.14. The zero-order valence-corrected chi connectivity index (χ0v) is 17.1. The molecule has 0 saturated carbocycles. The van der Waals surface area contributed by atoms with Gasteiger partial charge >= 0.3 is 0 Å². The molecule has 1 aliphatic heterocycles. The van der Waals surface area contributed by atoms with Gasteiger partial charge in [0.05, 0.1) is 6.42 Å². The summed E-state index contributed by atoms with van der Waals surface area (Å²) in [5.41, 5.74) is 1.35. The number of pyridine rings is 1. The summed E-state index contributed by atoms with van der Waals surface area (Å²) in [4.78, 5) is 27.4. The highest BCUT2D eigenvalue weighted by Crippen LogP contribution is 2.27. The van der Waals surface area contributed by atoms with Gasteiger partial charge < -0.3 is 14.6 Å². The van der Waals surface area contributed by atoms with Crippen molar-refractivity contribution in [2.24, 2.45) is 5.92 Å². The molecule has 0 aliphatic carbocycles. The van der Waals surface area contributed by atoms with E-state index in [4.69, 9.17) is 4.42 Å². The molecule has 0 aromatic carbocycles. The first kappa shape index (κ1) is 19.4. The molecule has 9 nitrogen and oxygen atoms in total. The third kappa shape index (κ3) is 4.23. The molecule has 1 atom stereocenters. The van der Waals surface area contributed by atoms with E-state index in [1.165, 1.54) is 0 Å². The van der Waals surface area contributed by atoms with Gasteiger partial charge in [0.1, 0.15) is 5.82 Å². The van der Waals surface area contributed by atoms with Crippen LogP contribution in [0.1, 0.15) is 44.4 Å². The Labute approximate surface area is 169 Å². The van der Waals surface area contributed by atoms with Crippen LogP contribution in [-0.2, 0) is 17.6 Å². The van der Waals surface area contributed by atoms with Crippen molar-refractivity contribution in [1.82, 2.24) is 30.0 Å². The Balaban J connectivity index is 1.49. The Kier molecular flexibility index (Phi) is 5.46. The maximum atomic E-state index is 11.7. The summed E-state index contributed by atoms with van der Waals surface area (Å²) in [6.45, 7) is 5.94. The Morgan fingerprint density at radius 1 is 1.38 bits per heavy atom. The molecule has 1 fully saturated rings. The van der Waals surface area contributed by atoms with Gasteiger partial charge in [-0.15, -0.1) is 0 Å². The first-order chi connectivity index (χ1) is 14.0. The van der Waals surface area contributed by atoms with E-state index < -0.39 is 0 Å². The van der Waals surface area contributed by atoms with Gasteiger partial charge in [0, 0.05) is 38.8 Å². The molecule has 4 rings (SSSR count). The van der Waals surface area contributed by atoms with E-state index in [2.05, 4.69) is 44.1 Å². The van der Waals surface area contributed by atoms with Gasteiger partial charge in [-0.2, -0.15) is 10.1 Å². The topological polar surface area (TPSA) is 102 Å². The predicted molar refractivity (Wildman–Crippen MR) is 109 cm³/mol. The molecule has 9 heteroatoms. The lowest BCUT2D eigenvalue weighted by Crippen LogP contribution is -2.36. The van der Waals surface area contributed by atoms with E-state index in [1.54, 1.807) is 13.2 Å². The molecule has 3 aromatic heterocycles. The number of likely N-dealkylation sites (N-methyl/N-ethyl adjacent to an activating group) is 1. The normalized spacial score (nSPS) is 17.2. The summed E-state index contributed by atoms with van der Waals surface area (Å²) in [6.07, 6.45) is 4.93. The monoisotopic (exact) mass is 397 g/mol. The molecular formula is C20H27N7O2. The molecular weight excluding hydrogens is 370 g/mol. The zero-order chi connectivity index (χ0) is 20.4. The molecule has 0 spiro atoms. The standard InChI is InChI=1S/C20H27N7O2/c1-13(2)27-17(23-16(25-27)11-18(28)21-3)10-14-6-5-9-26(12-14)20-24-19-15(29-20)7-4-8-22-19/h4,7-8,13-14H,5-6,9-12H2,1-3H3,(H,21,28). The Hall–Kier alpha value is -2.97. The molecule has 0 bridgehead atoms. The third-order valence-electron chi connectivity index (χ3n) is 5.25. The largest absolute Gasteiger partial charge is 0.422 e. The quantitative estimate of drug-likeness (QED) is 0.680. The van der Waals surface area contributed by atoms with Gasteiger partial charge in [0.25, 0.3) is 6.01 Å². The SMILES string of the molecule is CNC(=O)Cc1nc(CC2CCCN(c3nc4ncccc4o3)C2)n(C(C)C)n1. The van der Waals surface area contributed by atoms with Crippen LogP contribution < -0.4 is 10.2 Å². The van der Waals surface area contributed by atoms with Crippen molar-refractivity contribution in [3.05, 3.63) is 30.0 Å². The van der Waals surface area contributed by atoms with Crippen LogP contribution in [0.25, 0.3) is 11.2 Å². The van der Waals surface area contributed by atoms with Crippen molar-refractivity contribution in [3.8, 4) is 0 Å². The average Bonchev–Trinajstić information content (AvgIpc) is 3.32. The van der Waals surface area contributed by atoms with Crippen LogP contribution in [0.15, 0.2) is 22.7 Å². The number of piperidine rings is 1. The number of carbonyl (C=O) groups excluding carboxylic acids is 1. The van der Waals surface area contributed by atoms with E-state index in [0.29, 0.717) is 29.0 Å². The number of hydrogen-bond donors (Lipinski definition) is 1. The van der Waals surface area contributed by atoms with E-state index in [9.17, 15) is 4.79 Å². The van der Waals surface area contributed by atoms with Crippen LogP contribution in [0, 0.1) is 5.92 Å². The van der Waals surface area contributed by atoms with Crippen LogP contribution >= 0.6 is 0 Å². The summed E-state index contributed by atoms with van der Waals surface area (Å²) < 4.78 is 7.85. The van der Waals surface area contributed by atoms with Gasteiger partial charge in [-0.3, -0.25) is 4.79 Å². The minimum Gasteiger partial charge on any atom is -0.422 e. The maximum absolute atomic E-state index is 11.7. The second kappa shape index (κ2) is 8.18. The first-order valence-corrected chi connectivity index (χ1v) is 10.1. The highest BCUT2D eigenvalue weighted by molar-refractivity contribution is 5.77. The lowest BCUT2D eigenvalue weighted by molar-refractivity contribution is -0.120. The molecule has 3 aromatic rings. The lowest BCUT2D eigenvalue weighted by atomic mass is 9.94. The zero-order valence-electron chi connectivity index (χ0n) is 17.1. The van der Waals surface area contributed by atoms with Gasteiger partial charge in [-0.1, -0.05) is 0 Å². The minimum atomic E-state index is -0.0779. The molecule has 1 unspecified atom stereocenters. The Morgan fingerprint density at radius 3 is 3.00 bits per heavy atom. The Bertz CT molecular complexity index is 961. The average molecular weight is 397 g/mol. The van der Waals surface area contributed by atoms with Crippen molar-refractivity contribution in [3.63, 3.8) is 0 Å². The Morgan fingerprint density at radius 2 is 2.24 bits per heavy atom. The lowest BCUT2D eigenvalue weighted by Gasteiger charge is -2.31. The van der Waals surface area contributed by atoms with E-state index >= 15 is 0 Å². The number of hydrogen-bond acceptors (Lipinski definition) is 7. The minimum absolute atomic E-state index is 0.0779. The fourth-order valence-corrected chi connectivity index (χ4v) is 3.82. The van der Waals surface area contributed by atoms with Crippen molar-refractivity contribution < 1.29 is 9.21 Å². The molecule has 1 saturated heterocycles. The van der Waals surface area contributed by atoms with Crippen molar-refractivity contribution in [2.45, 2.75) is 45.6 Å². The van der Waals surface area contributed by atoms with Crippen LogP contribution in [0.4, 0.5) is 6.01 Å². The van der Waals surface area contributed by atoms with Crippen molar-refractivity contribution in [2.75, 3.05) is 25.0 Å². The third-order valence-corrected chi connectivity index (χ3v) is 5.25. The van der Waals surface area contributed by atoms with Gasteiger partial charge in [-0.05, 0) is 44.7 Å². The van der Waals surface area contributed by atoms with Crippen molar-refractivity contribution >= 4 is 23.2 Å². The number of carbonyl (C=O) groups is 1. The van der Waals surface area contributed by atoms with Gasteiger partial charge in [0.15, 0.2) is 11.4 Å². The summed E-state index contributed by atoms with van der Waals surface area (Å²) in [5, 5.41) is 7.19. The number of fused-ring (bicyclic) bond motifs is 1. The van der Waals surface area contributed by atoms with Crippen LogP contribution in [-0.4, -0.2) is 50.8 Å². The van der Waals surface area contributed by atoms with Crippen LogP contribution in [0.2, 0.25) is 0 Å². The maximum Gasteiger partial charge on any atom is 0.299 e. The second-order valence-electron chi connectivity index (χ2n) is 7.81. The number of nitrogens with one attached hydrogen (secondary N) is 1. The second-order valence-corrected chi connectivity index (χ2v) is 7.81. The first-order valence-electron chi connectivity index (χ1n) is 10.1. The number of anilines is 1. The molecule has 1 N–H and O–H groups in total. The summed E-state index contributed by atoms with van der Waals surface area (Å²) >= 11 is 0. The van der Waals surface area contributed by atoms with E-state index in [0.717, 1.165) is 38.2 Å². The molecule has 29 heavy (non-hydrogen) atoms. The number of amides is 1. The molecule has 1 amide bonds. The van der Waals surface area contributed by atoms with Crippen molar-refractivity contribution in [1.29, 1.82) is 0 Å². The summed E-state index contributed by atoms with van der Waals surface area (Å²) in [6, 6.07) is 4.57. The summed E-state index contributed by atoms with van der Waals surface area (Å²) in [5.74, 6) is 1.85. The van der Waals surface area contributed by atoms with Gasteiger partial charge in [-0.25, -0.2) is 14.6 Å². The number of rotatable bonds is 6. The molecule has 154 valence electrons. The highest BCUT2D eigenvalue weighted by atomic mass is 16.4. The highest BCUT2D eigenvalue weighted by Gasteiger charge is 2.26. The van der Waals surface area contributed by atoms with Crippen LogP contribution in [0.3, 0.4) is 0 Å². The molecule has 0 radical (unpaired) electrons. The van der Waals surface area contributed by atoms with E-state index in [1.807, 2.05) is 16.8 Å².